The van der Waals surface area contributed by atoms with Gasteiger partial charge in [-0.2, -0.15) is 0 Å². The summed E-state index contributed by atoms with van der Waals surface area (Å²) in [7, 11) is 2.98. The predicted octanol–water partition coefficient (Wildman–Crippen LogP) is 1.16. The highest BCUT2D eigenvalue weighted by atomic mass is 16.6. The fourth-order valence-electron chi connectivity index (χ4n) is 2.50. The zero-order chi connectivity index (χ0) is 13.6. The number of carbonyl (C=O) groups is 2. The van der Waals surface area contributed by atoms with Crippen molar-refractivity contribution in [1.82, 2.24) is 0 Å². The van der Waals surface area contributed by atoms with E-state index in [1.54, 1.807) is 12.1 Å². The number of hydrogen-bond donors (Lipinski definition) is 0. The van der Waals surface area contributed by atoms with Crippen LogP contribution in [0.25, 0.3) is 0 Å². The van der Waals surface area contributed by atoms with E-state index in [-0.39, 0.29) is 12.8 Å². The van der Waals surface area contributed by atoms with Crippen LogP contribution in [0.5, 0.6) is 17.2 Å². The molecule has 0 amide bonds. The third-order valence-electron chi connectivity index (χ3n) is 3.40. The lowest BCUT2D eigenvalue weighted by atomic mass is 9.91. The smallest absolute Gasteiger partial charge is 0.361 e. The van der Waals surface area contributed by atoms with E-state index >= 15 is 0 Å². The van der Waals surface area contributed by atoms with Gasteiger partial charge in [0.1, 0.15) is 17.2 Å². The first-order valence-electron chi connectivity index (χ1n) is 5.81. The van der Waals surface area contributed by atoms with E-state index in [0.29, 0.717) is 22.8 Å². The molecule has 1 saturated heterocycles. The van der Waals surface area contributed by atoms with Crippen LogP contribution >= 0.6 is 0 Å². The molecule has 19 heavy (non-hydrogen) atoms. The lowest BCUT2D eigenvalue weighted by Gasteiger charge is -2.20. The van der Waals surface area contributed by atoms with Crippen molar-refractivity contribution >= 4 is 11.9 Å². The summed E-state index contributed by atoms with van der Waals surface area (Å²) in [4.78, 5) is 23.5. The van der Waals surface area contributed by atoms with Crippen LogP contribution < -0.4 is 14.2 Å². The van der Waals surface area contributed by atoms with Crippen LogP contribution in [0.2, 0.25) is 0 Å². The van der Waals surface area contributed by atoms with Crippen molar-refractivity contribution in [2.45, 2.75) is 18.4 Å². The molecule has 0 aromatic heterocycles. The number of fused-ring (bicyclic) bond motifs is 2. The zero-order valence-corrected chi connectivity index (χ0v) is 10.5. The van der Waals surface area contributed by atoms with Crippen LogP contribution in [0.3, 0.4) is 0 Å². The van der Waals surface area contributed by atoms with Crippen LogP contribution in [-0.4, -0.2) is 26.2 Å². The fraction of sp³-hybridized carbons (Fsp3) is 0.385. The summed E-state index contributed by atoms with van der Waals surface area (Å²) >= 11 is 0. The Bertz CT molecular complexity index is 579. The molecule has 1 atom stereocenters. The quantitative estimate of drug-likeness (QED) is 0.589. The lowest BCUT2D eigenvalue weighted by molar-refractivity contribution is -0.165. The van der Waals surface area contributed by atoms with E-state index in [9.17, 15) is 9.59 Å². The van der Waals surface area contributed by atoms with Crippen LogP contribution in [0.15, 0.2) is 12.1 Å². The van der Waals surface area contributed by atoms with Crippen molar-refractivity contribution in [2.75, 3.05) is 14.2 Å². The molecule has 2 aliphatic heterocycles. The van der Waals surface area contributed by atoms with Gasteiger partial charge < -0.3 is 18.9 Å². The molecule has 2 aliphatic rings. The maximum Gasteiger partial charge on any atom is 0.361 e. The van der Waals surface area contributed by atoms with Crippen molar-refractivity contribution in [2.24, 2.45) is 0 Å². The average molecular weight is 264 g/mol. The summed E-state index contributed by atoms with van der Waals surface area (Å²) in [6.07, 6.45) is 0.448. The summed E-state index contributed by atoms with van der Waals surface area (Å²) in [5, 5.41) is 0. The summed E-state index contributed by atoms with van der Waals surface area (Å²) in [6, 6.07) is 3.21. The third kappa shape index (κ3) is 1.49. The van der Waals surface area contributed by atoms with Crippen molar-refractivity contribution < 1.29 is 28.5 Å². The first kappa shape index (κ1) is 11.8. The monoisotopic (exact) mass is 264 g/mol. The number of esters is 2. The Labute approximate surface area is 109 Å². The van der Waals surface area contributed by atoms with Crippen LogP contribution in [0.4, 0.5) is 0 Å². The first-order chi connectivity index (χ1) is 9.10. The zero-order valence-electron chi connectivity index (χ0n) is 10.5. The largest absolute Gasteiger partial charge is 0.496 e. The maximum atomic E-state index is 12.1. The number of carbonyl (C=O) groups excluding carboxylic acids is 2. The van der Waals surface area contributed by atoms with Crippen LogP contribution in [-0.2, 0) is 19.9 Å². The Morgan fingerprint density at radius 2 is 2.00 bits per heavy atom. The highest BCUT2D eigenvalue weighted by Crippen LogP contribution is 2.52. The lowest BCUT2D eigenvalue weighted by Crippen LogP contribution is -2.33. The van der Waals surface area contributed by atoms with E-state index in [2.05, 4.69) is 0 Å². The van der Waals surface area contributed by atoms with Crippen LogP contribution in [0.1, 0.15) is 18.4 Å². The minimum absolute atomic E-state index is 0.184. The normalized spacial score (nSPS) is 24.1. The van der Waals surface area contributed by atoms with Gasteiger partial charge in [-0.05, 0) is 0 Å². The first-order valence-corrected chi connectivity index (χ1v) is 5.81. The molecule has 0 radical (unpaired) electrons. The van der Waals surface area contributed by atoms with Gasteiger partial charge in [0, 0.05) is 18.6 Å². The molecule has 6 heteroatoms. The number of hydrogen-bond acceptors (Lipinski definition) is 6. The third-order valence-corrected chi connectivity index (χ3v) is 3.40. The van der Waals surface area contributed by atoms with E-state index < -0.39 is 17.5 Å². The standard InChI is InChI=1S/C13H12O6/c1-16-7-5-8(17-2)11-9(6-7)18-12(15)13(11)4-3-10(14)19-13/h5-6H,3-4H2,1-2H3. The van der Waals surface area contributed by atoms with Gasteiger partial charge >= 0.3 is 11.9 Å². The predicted molar refractivity (Wildman–Crippen MR) is 62.2 cm³/mol. The van der Waals surface area contributed by atoms with Crippen molar-refractivity contribution in [3.05, 3.63) is 17.7 Å². The Hall–Kier alpha value is -2.24. The summed E-state index contributed by atoms with van der Waals surface area (Å²) in [6.45, 7) is 0. The Kier molecular flexibility index (Phi) is 2.41. The Balaban J connectivity index is 2.20. The fourth-order valence-corrected chi connectivity index (χ4v) is 2.50. The second kappa shape index (κ2) is 3.88. The molecule has 1 aromatic carbocycles. The summed E-state index contributed by atoms with van der Waals surface area (Å²) in [5.74, 6) is 0.234. The second-order valence-electron chi connectivity index (χ2n) is 4.39. The van der Waals surface area contributed by atoms with Crippen molar-refractivity contribution in [3.8, 4) is 17.2 Å². The van der Waals surface area contributed by atoms with E-state index in [4.69, 9.17) is 18.9 Å². The van der Waals surface area contributed by atoms with E-state index in [1.807, 2.05) is 0 Å². The van der Waals surface area contributed by atoms with Gasteiger partial charge in [-0.1, -0.05) is 0 Å². The van der Waals surface area contributed by atoms with Crippen LogP contribution in [0, 0.1) is 0 Å². The molecule has 2 heterocycles. The minimum Gasteiger partial charge on any atom is -0.496 e. The number of ether oxygens (including phenoxy) is 4. The molecule has 1 fully saturated rings. The van der Waals surface area contributed by atoms with Gasteiger partial charge in [-0.25, -0.2) is 4.79 Å². The molecule has 0 aliphatic carbocycles. The summed E-state index contributed by atoms with van der Waals surface area (Å²) < 4.78 is 20.8. The van der Waals surface area contributed by atoms with Gasteiger partial charge in [0.2, 0.25) is 5.60 Å². The molecular weight excluding hydrogens is 252 g/mol. The molecule has 100 valence electrons. The molecule has 1 spiro atoms. The van der Waals surface area contributed by atoms with Gasteiger partial charge in [-0.3, -0.25) is 4.79 Å². The number of benzene rings is 1. The molecule has 1 aromatic rings. The molecular formula is C13H12O6. The topological polar surface area (TPSA) is 71.1 Å². The second-order valence-corrected chi connectivity index (χ2v) is 4.39. The van der Waals surface area contributed by atoms with E-state index in [0.717, 1.165) is 0 Å². The van der Waals surface area contributed by atoms with E-state index in [1.165, 1.54) is 14.2 Å². The summed E-state index contributed by atoms with van der Waals surface area (Å²) in [5.41, 5.74) is -0.893. The number of methoxy groups -OCH3 is 2. The minimum atomic E-state index is -1.36. The molecule has 3 rings (SSSR count). The Morgan fingerprint density at radius 3 is 2.58 bits per heavy atom. The number of rotatable bonds is 2. The highest BCUT2D eigenvalue weighted by molar-refractivity contribution is 5.95. The Morgan fingerprint density at radius 1 is 1.21 bits per heavy atom. The van der Waals surface area contributed by atoms with Gasteiger partial charge in [0.05, 0.1) is 26.2 Å². The van der Waals surface area contributed by atoms with Gasteiger partial charge in [0.25, 0.3) is 0 Å². The van der Waals surface area contributed by atoms with Gasteiger partial charge in [-0.15, -0.1) is 0 Å². The molecule has 6 nitrogen and oxygen atoms in total. The average Bonchev–Trinajstić information content (AvgIpc) is 2.92. The molecule has 0 saturated carbocycles. The SMILES string of the molecule is COc1cc(OC)c2c(c1)OC(=O)C21CCC(=O)O1. The van der Waals surface area contributed by atoms with Crippen molar-refractivity contribution in [1.29, 1.82) is 0 Å². The molecule has 0 N–H and O–H groups in total. The van der Waals surface area contributed by atoms with Crippen molar-refractivity contribution in [3.63, 3.8) is 0 Å². The molecule has 1 unspecified atom stereocenters. The highest BCUT2D eigenvalue weighted by Gasteiger charge is 2.58. The maximum absolute atomic E-state index is 12.1. The van der Waals surface area contributed by atoms with Gasteiger partial charge in [0.15, 0.2) is 0 Å². The molecule has 0 bridgehead atoms.